The summed E-state index contributed by atoms with van der Waals surface area (Å²) in [6.07, 6.45) is 4.48. The molecule has 0 saturated carbocycles. The summed E-state index contributed by atoms with van der Waals surface area (Å²) in [6.45, 7) is 5.85. The molecule has 1 aromatic carbocycles. The second-order valence-electron chi connectivity index (χ2n) is 6.31. The van der Waals surface area contributed by atoms with Crippen LogP contribution in [0.3, 0.4) is 0 Å². The second kappa shape index (κ2) is 9.66. The molecular formula is C20H23FN2O4. The van der Waals surface area contributed by atoms with Crippen LogP contribution in [0.5, 0.6) is 0 Å². The molecule has 0 saturated heterocycles. The van der Waals surface area contributed by atoms with E-state index in [-0.39, 0.29) is 11.1 Å². The van der Waals surface area contributed by atoms with E-state index < -0.39 is 23.0 Å². The third-order valence-electron chi connectivity index (χ3n) is 4.05. The standard InChI is InChI=1S/C20H23FN2O4/c1-14(2)19(25)27-12-8-4-3-7-11-23-13-16(18(24)22-20(23)26)15-9-5-6-10-17(15)21/h5-6,9-10,13H,1,3-4,7-8,11-12H2,2H3,(H,22,24,26). The minimum absolute atomic E-state index is 0.124. The highest BCUT2D eigenvalue weighted by atomic mass is 19.1. The first kappa shape index (κ1) is 20.4. The molecule has 27 heavy (non-hydrogen) atoms. The van der Waals surface area contributed by atoms with Gasteiger partial charge < -0.3 is 4.74 Å². The van der Waals surface area contributed by atoms with E-state index in [4.69, 9.17) is 4.74 Å². The quantitative estimate of drug-likeness (QED) is 0.416. The maximum atomic E-state index is 13.9. The summed E-state index contributed by atoms with van der Waals surface area (Å²) >= 11 is 0. The molecule has 1 aromatic heterocycles. The lowest BCUT2D eigenvalue weighted by atomic mass is 10.1. The largest absolute Gasteiger partial charge is 0.462 e. The summed E-state index contributed by atoms with van der Waals surface area (Å²) in [7, 11) is 0. The number of aryl methyl sites for hydroxylation is 1. The Morgan fingerprint density at radius 2 is 1.85 bits per heavy atom. The number of H-pyrrole nitrogens is 1. The third kappa shape index (κ3) is 5.77. The lowest BCUT2D eigenvalue weighted by molar-refractivity contribution is -0.139. The third-order valence-corrected chi connectivity index (χ3v) is 4.05. The summed E-state index contributed by atoms with van der Waals surface area (Å²) in [5, 5.41) is 0. The Bertz CT molecular complexity index is 930. The number of rotatable bonds is 9. The van der Waals surface area contributed by atoms with Gasteiger partial charge in [-0.1, -0.05) is 31.2 Å². The summed E-state index contributed by atoms with van der Waals surface area (Å²) in [4.78, 5) is 37.5. The monoisotopic (exact) mass is 374 g/mol. The zero-order valence-electron chi connectivity index (χ0n) is 15.3. The smallest absolute Gasteiger partial charge is 0.333 e. The lowest BCUT2D eigenvalue weighted by Crippen LogP contribution is -2.30. The van der Waals surface area contributed by atoms with Crippen LogP contribution >= 0.6 is 0 Å². The summed E-state index contributed by atoms with van der Waals surface area (Å²) in [5.74, 6) is -0.909. The molecule has 0 unspecified atom stereocenters. The van der Waals surface area contributed by atoms with Gasteiger partial charge in [0.1, 0.15) is 5.82 Å². The second-order valence-corrected chi connectivity index (χ2v) is 6.31. The number of nitrogens with zero attached hydrogens (tertiary/aromatic N) is 1. The van der Waals surface area contributed by atoms with Crippen molar-refractivity contribution in [3.05, 3.63) is 69.3 Å². The van der Waals surface area contributed by atoms with Crippen molar-refractivity contribution in [3.63, 3.8) is 0 Å². The molecule has 0 aliphatic heterocycles. The van der Waals surface area contributed by atoms with Gasteiger partial charge in [-0.3, -0.25) is 14.3 Å². The highest BCUT2D eigenvalue weighted by molar-refractivity contribution is 5.86. The summed E-state index contributed by atoms with van der Waals surface area (Å²) in [6, 6.07) is 5.94. The number of ether oxygens (including phenoxy) is 1. The van der Waals surface area contributed by atoms with Crippen molar-refractivity contribution in [2.24, 2.45) is 0 Å². The van der Waals surface area contributed by atoms with E-state index in [0.29, 0.717) is 25.1 Å². The minimum atomic E-state index is -0.610. The average molecular weight is 374 g/mol. The first-order valence-corrected chi connectivity index (χ1v) is 8.81. The van der Waals surface area contributed by atoms with Crippen molar-refractivity contribution in [2.45, 2.75) is 39.2 Å². The molecule has 0 bridgehead atoms. The first-order valence-electron chi connectivity index (χ1n) is 8.81. The fourth-order valence-electron chi connectivity index (χ4n) is 2.57. The van der Waals surface area contributed by atoms with Crippen molar-refractivity contribution >= 4 is 5.97 Å². The Labute approximate surface area is 156 Å². The highest BCUT2D eigenvalue weighted by Crippen LogP contribution is 2.18. The van der Waals surface area contributed by atoms with Crippen molar-refractivity contribution in [3.8, 4) is 11.1 Å². The lowest BCUT2D eigenvalue weighted by Gasteiger charge is -2.09. The number of esters is 1. The molecule has 0 spiro atoms. The van der Waals surface area contributed by atoms with Gasteiger partial charge in [0.05, 0.1) is 12.2 Å². The Morgan fingerprint density at radius 1 is 1.15 bits per heavy atom. The number of hydrogen-bond donors (Lipinski definition) is 1. The topological polar surface area (TPSA) is 81.2 Å². The number of unbranched alkanes of at least 4 members (excludes halogenated alkanes) is 3. The van der Waals surface area contributed by atoms with Crippen LogP contribution in [-0.2, 0) is 16.1 Å². The van der Waals surface area contributed by atoms with Gasteiger partial charge >= 0.3 is 11.7 Å². The number of halogens is 1. The van der Waals surface area contributed by atoms with Crippen LogP contribution < -0.4 is 11.2 Å². The zero-order valence-corrected chi connectivity index (χ0v) is 15.3. The number of aromatic amines is 1. The molecule has 0 atom stereocenters. The SMILES string of the molecule is C=C(C)C(=O)OCCCCCCn1cc(-c2ccccc2F)c(=O)[nH]c1=O. The maximum Gasteiger partial charge on any atom is 0.333 e. The highest BCUT2D eigenvalue weighted by Gasteiger charge is 2.11. The molecule has 7 heteroatoms. The Kier molecular flexibility index (Phi) is 7.28. The van der Waals surface area contributed by atoms with Crippen molar-refractivity contribution < 1.29 is 13.9 Å². The van der Waals surface area contributed by atoms with Gasteiger partial charge in [0.2, 0.25) is 0 Å². The van der Waals surface area contributed by atoms with Crippen LogP contribution in [0, 0.1) is 5.82 Å². The normalized spacial score (nSPS) is 10.6. The Hall–Kier alpha value is -2.96. The molecular weight excluding hydrogens is 351 g/mol. The van der Waals surface area contributed by atoms with Crippen LogP contribution in [0.1, 0.15) is 32.6 Å². The number of benzene rings is 1. The maximum absolute atomic E-state index is 13.9. The molecule has 6 nitrogen and oxygen atoms in total. The molecule has 144 valence electrons. The minimum Gasteiger partial charge on any atom is -0.462 e. The van der Waals surface area contributed by atoms with Crippen molar-refractivity contribution in [1.82, 2.24) is 9.55 Å². The van der Waals surface area contributed by atoms with Crippen LogP contribution in [0.15, 0.2) is 52.2 Å². The van der Waals surface area contributed by atoms with E-state index in [1.807, 2.05) is 0 Å². The predicted octanol–water partition coefficient (Wildman–Crippen LogP) is 3.02. The van der Waals surface area contributed by atoms with Crippen LogP contribution in [0.25, 0.3) is 11.1 Å². The fraction of sp³-hybridized carbons (Fsp3) is 0.350. The van der Waals surface area contributed by atoms with E-state index in [1.54, 1.807) is 13.0 Å². The molecule has 1 heterocycles. The van der Waals surface area contributed by atoms with E-state index in [9.17, 15) is 18.8 Å². The summed E-state index contributed by atoms with van der Waals surface area (Å²) < 4.78 is 20.3. The van der Waals surface area contributed by atoms with Crippen molar-refractivity contribution in [1.29, 1.82) is 0 Å². The van der Waals surface area contributed by atoms with Gasteiger partial charge in [0.15, 0.2) is 0 Å². The molecule has 0 radical (unpaired) electrons. The molecule has 1 N–H and O–H groups in total. The van der Waals surface area contributed by atoms with Gasteiger partial charge in [0.25, 0.3) is 5.56 Å². The molecule has 0 aliphatic rings. The van der Waals surface area contributed by atoms with Crippen LogP contribution in [-0.4, -0.2) is 22.1 Å². The van der Waals surface area contributed by atoms with E-state index in [0.717, 1.165) is 19.3 Å². The zero-order chi connectivity index (χ0) is 19.8. The molecule has 0 aliphatic carbocycles. The van der Waals surface area contributed by atoms with Gasteiger partial charge in [-0.25, -0.2) is 14.0 Å². The van der Waals surface area contributed by atoms with Gasteiger partial charge in [0, 0.05) is 23.9 Å². The van der Waals surface area contributed by atoms with Crippen LogP contribution in [0.2, 0.25) is 0 Å². The Morgan fingerprint density at radius 3 is 2.56 bits per heavy atom. The summed E-state index contributed by atoms with van der Waals surface area (Å²) in [5.41, 5.74) is -0.472. The number of carbonyl (C=O) groups is 1. The number of nitrogens with one attached hydrogen (secondary N) is 1. The molecule has 2 aromatic rings. The number of aromatic nitrogens is 2. The van der Waals surface area contributed by atoms with E-state index in [1.165, 1.54) is 29.0 Å². The average Bonchev–Trinajstić information content (AvgIpc) is 2.63. The van der Waals surface area contributed by atoms with E-state index in [2.05, 4.69) is 11.6 Å². The first-order chi connectivity index (χ1) is 12.9. The molecule has 0 amide bonds. The van der Waals surface area contributed by atoms with E-state index >= 15 is 0 Å². The van der Waals surface area contributed by atoms with Gasteiger partial charge in [-0.2, -0.15) is 0 Å². The molecule has 0 fully saturated rings. The fourth-order valence-corrected chi connectivity index (χ4v) is 2.57. The van der Waals surface area contributed by atoms with Gasteiger partial charge in [-0.15, -0.1) is 0 Å². The number of hydrogen-bond acceptors (Lipinski definition) is 4. The van der Waals surface area contributed by atoms with Crippen molar-refractivity contribution in [2.75, 3.05) is 6.61 Å². The predicted molar refractivity (Wildman–Crippen MR) is 101 cm³/mol. The van der Waals surface area contributed by atoms with Gasteiger partial charge in [-0.05, 0) is 32.3 Å². The number of carbonyl (C=O) groups excluding carboxylic acids is 1. The van der Waals surface area contributed by atoms with Crippen LogP contribution in [0.4, 0.5) is 4.39 Å². The molecule has 2 rings (SSSR count). The Balaban J connectivity index is 1.90.